The van der Waals surface area contributed by atoms with Crippen molar-refractivity contribution in [3.05, 3.63) is 96.0 Å². The highest BCUT2D eigenvalue weighted by Gasteiger charge is 2.31. The van der Waals surface area contributed by atoms with Gasteiger partial charge in [0.1, 0.15) is 11.6 Å². The number of rotatable bonds is 4. The third-order valence-electron chi connectivity index (χ3n) is 4.18. The van der Waals surface area contributed by atoms with Gasteiger partial charge in [0.2, 0.25) is 0 Å². The average Bonchev–Trinajstić information content (AvgIpc) is 2.69. The minimum absolute atomic E-state index is 0.0408. The molecule has 0 aliphatic rings. The van der Waals surface area contributed by atoms with E-state index in [0.29, 0.717) is 27.4 Å². The third-order valence-corrected chi connectivity index (χ3v) is 4.76. The van der Waals surface area contributed by atoms with E-state index < -0.39 is 29.5 Å². The molecule has 0 N–H and O–H groups in total. The Kier molecular flexibility index (Phi) is 6.01. The number of aromatic nitrogens is 3. The first kappa shape index (κ1) is 21.6. The van der Waals surface area contributed by atoms with Crippen molar-refractivity contribution in [3.8, 4) is 6.07 Å². The van der Waals surface area contributed by atoms with Gasteiger partial charge < -0.3 is 0 Å². The van der Waals surface area contributed by atoms with E-state index in [9.17, 15) is 28.0 Å². The molecule has 0 amide bonds. The van der Waals surface area contributed by atoms with Gasteiger partial charge in [-0.3, -0.25) is 18.9 Å². The first-order chi connectivity index (χ1) is 14.1. The van der Waals surface area contributed by atoms with Gasteiger partial charge in [-0.15, -0.1) is 0 Å². The SMILES string of the molecule is N#Cc1cn(Cc2ccc(Cl)cc2)c(=O)n(Cc2ncc(C(F)(F)F)cc2Cl)c1=O. The number of benzene rings is 1. The number of nitrogens with zero attached hydrogens (tertiary/aromatic N) is 4. The minimum Gasteiger partial charge on any atom is -0.295 e. The van der Waals surface area contributed by atoms with Gasteiger partial charge in [-0.1, -0.05) is 35.3 Å². The molecule has 2 aromatic heterocycles. The van der Waals surface area contributed by atoms with Crippen LogP contribution < -0.4 is 11.2 Å². The fourth-order valence-electron chi connectivity index (χ4n) is 2.66. The quantitative estimate of drug-likeness (QED) is 0.601. The summed E-state index contributed by atoms with van der Waals surface area (Å²) >= 11 is 11.7. The summed E-state index contributed by atoms with van der Waals surface area (Å²) in [5.41, 5.74) is -2.47. The Balaban J connectivity index is 2.05. The van der Waals surface area contributed by atoms with Crippen molar-refractivity contribution in [1.29, 1.82) is 5.26 Å². The van der Waals surface area contributed by atoms with Crippen LogP contribution in [0.3, 0.4) is 0 Å². The van der Waals surface area contributed by atoms with E-state index in [-0.39, 0.29) is 22.8 Å². The maximum Gasteiger partial charge on any atom is 0.417 e. The fourth-order valence-corrected chi connectivity index (χ4v) is 3.01. The zero-order valence-electron chi connectivity index (χ0n) is 15.0. The van der Waals surface area contributed by atoms with E-state index in [1.54, 1.807) is 30.3 Å². The van der Waals surface area contributed by atoms with Gasteiger partial charge in [-0.25, -0.2) is 4.79 Å². The molecule has 0 bridgehead atoms. The molecule has 0 spiro atoms. The summed E-state index contributed by atoms with van der Waals surface area (Å²) in [5, 5.41) is 9.38. The second-order valence-corrected chi connectivity index (χ2v) is 7.08. The molecule has 0 unspecified atom stereocenters. The van der Waals surface area contributed by atoms with Crippen molar-refractivity contribution in [2.75, 3.05) is 0 Å². The van der Waals surface area contributed by atoms with E-state index in [1.807, 2.05) is 0 Å². The number of alkyl halides is 3. The largest absolute Gasteiger partial charge is 0.417 e. The van der Waals surface area contributed by atoms with Crippen molar-refractivity contribution in [2.24, 2.45) is 0 Å². The first-order valence-electron chi connectivity index (χ1n) is 8.30. The highest BCUT2D eigenvalue weighted by atomic mass is 35.5. The summed E-state index contributed by atoms with van der Waals surface area (Å²) in [6.45, 7) is -0.454. The molecule has 30 heavy (non-hydrogen) atoms. The molecule has 3 rings (SSSR count). The van der Waals surface area contributed by atoms with Crippen molar-refractivity contribution in [2.45, 2.75) is 19.3 Å². The predicted octanol–water partition coefficient (Wildman–Crippen LogP) is 3.70. The maximum atomic E-state index is 12.8. The van der Waals surface area contributed by atoms with E-state index in [1.165, 1.54) is 0 Å². The monoisotopic (exact) mass is 454 g/mol. The molecular weight excluding hydrogens is 444 g/mol. The van der Waals surface area contributed by atoms with Crippen LogP contribution in [0, 0.1) is 11.3 Å². The number of hydrogen-bond acceptors (Lipinski definition) is 4. The summed E-state index contributed by atoms with van der Waals surface area (Å²) in [7, 11) is 0. The molecule has 6 nitrogen and oxygen atoms in total. The van der Waals surface area contributed by atoms with Gasteiger partial charge in [0.05, 0.1) is 29.4 Å². The van der Waals surface area contributed by atoms with E-state index in [2.05, 4.69) is 4.98 Å². The topological polar surface area (TPSA) is 80.7 Å². The van der Waals surface area contributed by atoms with E-state index in [4.69, 9.17) is 23.2 Å². The molecule has 3 aromatic rings. The average molecular weight is 455 g/mol. The lowest BCUT2D eigenvalue weighted by molar-refractivity contribution is -0.137. The number of halogens is 5. The number of pyridine rings is 1. The van der Waals surface area contributed by atoms with Crippen molar-refractivity contribution in [3.63, 3.8) is 0 Å². The van der Waals surface area contributed by atoms with Crippen LogP contribution in [0.25, 0.3) is 0 Å². The third kappa shape index (κ3) is 4.56. The van der Waals surface area contributed by atoms with E-state index in [0.717, 1.165) is 10.8 Å². The molecular formula is C19H11Cl2F3N4O2. The fraction of sp³-hybridized carbons (Fsp3) is 0.158. The smallest absolute Gasteiger partial charge is 0.295 e. The normalized spacial score (nSPS) is 11.3. The lowest BCUT2D eigenvalue weighted by Gasteiger charge is -2.13. The van der Waals surface area contributed by atoms with Gasteiger partial charge >= 0.3 is 11.9 Å². The van der Waals surface area contributed by atoms with Gasteiger partial charge in [0.25, 0.3) is 5.56 Å². The van der Waals surface area contributed by atoms with E-state index >= 15 is 0 Å². The molecule has 154 valence electrons. The minimum atomic E-state index is -4.64. The first-order valence-corrected chi connectivity index (χ1v) is 9.06. The standard InChI is InChI=1S/C19H11Cl2F3N4O2/c20-14-3-1-11(2-4-14)8-27-9-12(6-25)17(29)28(18(27)30)10-16-15(21)5-13(7-26-16)19(22,23)24/h1-5,7,9H,8,10H2. The molecule has 0 atom stereocenters. The molecule has 0 aliphatic heterocycles. The second kappa shape index (κ2) is 8.34. The maximum absolute atomic E-state index is 12.8. The Hall–Kier alpha value is -3.09. The Labute approximate surface area is 177 Å². The van der Waals surface area contributed by atoms with Crippen LogP contribution >= 0.6 is 23.2 Å². The Morgan fingerprint density at radius 2 is 1.77 bits per heavy atom. The molecule has 0 saturated carbocycles. The van der Waals surface area contributed by atoms with Crippen LogP contribution in [-0.4, -0.2) is 14.1 Å². The molecule has 0 radical (unpaired) electrons. The molecule has 1 aromatic carbocycles. The van der Waals surface area contributed by atoms with Crippen LogP contribution in [0.15, 0.2) is 52.3 Å². The summed E-state index contributed by atoms with van der Waals surface area (Å²) in [6, 6.07) is 8.96. The number of hydrogen-bond donors (Lipinski definition) is 0. The molecule has 2 heterocycles. The summed E-state index contributed by atoms with van der Waals surface area (Å²) in [5.74, 6) is 0. The van der Waals surface area contributed by atoms with Crippen LogP contribution in [-0.2, 0) is 19.3 Å². The lowest BCUT2D eigenvalue weighted by Crippen LogP contribution is -2.41. The van der Waals surface area contributed by atoms with Crippen LogP contribution in [0.5, 0.6) is 0 Å². The zero-order valence-corrected chi connectivity index (χ0v) is 16.5. The Morgan fingerprint density at radius 3 is 2.33 bits per heavy atom. The number of nitriles is 1. The Bertz CT molecular complexity index is 1260. The van der Waals surface area contributed by atoms with Gasteiger partial charge in [0, 0.05) is 17.4 Å². The van der Waals surface area contributed by atoms with Gasteiger partial charge in [-0.05, 0) is 23.8 Å². The van der Waals surface area contributed by atoms with Crippen molar-refractivity contribution in [1.82, 2.24) is 14.1 Å². The van der Waals surface area contributed by atoms with Gasteiger partial charge in [0.15, 0.2) is 0 Å². The predicted molar refractivity (Wildman–Crippen MR) is 104 cm³/mol. The second-order valence-electron chi connectivity index (χ2n) is 6.23. The highest BCUT2D eigenvalue weighted by Crippen LogP contribution is 2.31. The van der Waals surface area contributed by atoms with Crippen LogP contribution in [0.4, 0.5) is 13.2 Å². The molecule has 11 heteroatoms. The highest BCUT2D eigenvalue weighted by molar-refractivity contribution is 6.31. The van der Waals surface area contributed by atoms with Gasteiger partial charge in [-0.2, -0.15) is 18.4 Å². The van der Waals surface area contributed by atoms with Crippen molar-refractivity contribution >= 4 is 23.2 Å². The zero-order chi connectivity index (χ0) is 22.1. The molecule has 0 saturated heterocycles. The summed E-state index contributed by atoms with van der Waals surface area (Å²) < 4.78 is 40.2. The summed E-state index contributed by atoms with van der Waals surface area (Å²) in [4.78, 5) is 28.9. The van der Waals surface area contributed by atoms with Crippen LogP contribution in [0.1, 0.15) is 22.4 Å². The van der Waals surface area contributed by atoms with Crippen LogP contribution in [0.2, 0.25) is 10.0 Å². The lowest BCUT2D eigenvalue weighted by atomic mass is 10.2. The van der Waals surface area contributed by atoms with Crippen molar-refractivity contribution < 1.29 is 13.2 Å². The molecule has 0 aliphatic carbocycles. The summed E-state index contributed by atoms with van der Waals surface area (Å²) in [6.07, 6.45) is -2.96. The molecule has 0 fully saturated rings. The Morgan fingerprint density at radius 1 is 1.10 bits per heavy atom.